The van der Waals surface area contributed by atoms with Crippen LogP contribution in [0.1, 0.15) is 41.8 Å². The van der Waals surface area contributed by atoms with Gasteiger partial charge in [0.25, 0.3) is 5.91 Å². The number of rotatable bonds is 1. The molecule has 1 aliphatic rings. The van der Waals surface area contributed by atoms with Crippen molar-refractivity contribution in [2.45, 2.75) is 32.1 Å². The second-order valence-corrected chi connectivity index (χ2v) is 6.34. The lowest BCUT2D eigenvalue weighted by atomic mass is 10.1. The van der Waals surface area contributed by atoms with E-state index in [1.807, 2.05) is 4.90 Å². The van der Waals surface area contributed by atoms with Gasteiger partial charge >= 0.3 is 0 Å². The fourth-order valence-corrected chi connectivity index (χ4v) is 3.19. The van der Waals surface area contributed by atoms with E-state index in [1.54, 1.807) is 6.20 Å². The largest absolute Gasteiger partial charge is 0.338 e. The van der Waals surface area contributed by atoms with Gasteiger partial charge in [0.1, 0.15) is 4.88 Å². The molecule has 2 heterocycles. The van der Waals surface area contributed by atoms with Crippen molar-refractivity contribution in [3.8, 4) is 0 Å². The van der Waals surface area contributed by atoms with Crippen LogP contribution in [0.2, 0.25) is 0 Å². The van der Waals surface area contributed by atoms with Gasteiger partial charge < -0.3 is 4.90 Å². The van der Waals surface area contributed by atoms with Crippen molar-refractivity contribution >= 4 is 33.2 Å². The van der Waals surface area contributed by atoms with Crippen molar-refractivity contribution in [3.05, 3.63) is 15.0 Å². The summed E-state index contributed by atoms with van der Waals surface area (Å²) < 4.78 is 0.780. The molecule has 1 aromatic rings. The second-order valence-electron chi connectivity index (χ2n) is 4.04. The van der Waals surface area contributed by atoms with Crippen molar-refractivity contribution in [1.82, 2.24) is 9.88 Å². The van der Waals surface area contributed by atoms with Gasteiger partial charge in [0.05, 0.1) is 6.20 Å². The first-order valence-electron chi connectivity index (χ1n) is 5.68. The third-order valence-electron chi connectivity index (χ3n) is 2.83. The zero-order valence-electron chi connectivity index (χ0n) is 9.12. The lowest BCUT2D eigenvalue weighted by Crippen LogP contribution is -2.33. The zero-order valence-corrected chi connectivity index (χ0v) is 11.5. The Balaban J connectivity index is 2.01. The van der Waals surface area contributed by atoms with E-state index >= 15 is 0 Å². The number of hydrogen-bond donors (Lipinski definition) is 0. The molecule has 0 aromatic carbocycles. The van der Waals surface area contributed by atoms with Gasteiger partial charge in [0, 0.05) is 13.1 Å². The SMILES string of the molecule is O=C(c1cnc(Br)s1)N1CCCCCCC1. The topological polar surface area (TPSA) is 33.2 Å². The number of halogens is 1. The number of carbonyl (C=O) groups excluding carboxylic acids is 1. The van der Waals surface area contributed by atoms with E-state index in [2.05, 4.69) is 20.9 Å². The van der Waals surface area contributed by atoms with Crippen LogP contribution >= 0.6 is 27.3 Å². The fourth-order valence-electron chi connectivity index (χ4n) is 1.96. The highest BCUT2D eigenvalue weighted by Gasteiger charge is 2.18. The zero-order chi connectivity index (χ0) is 11.4. The summed E-state index contributed by atoms with van der Waals surface area (Å²) in [4.78, 5) is 18.9. The van der Waals surface area contributed by atoms with E-state index in [9.17, 15) is 4.79 Å². The Morgan fingerprint density at radius 2 is 1.88 bits per heavy atom. The molecule has 1 saturated heterocycles. The second kappa shape index (κ2) is 5.77. The minimum atomic E-state index is 0.144. The van der Waals surface area contributed by atoms with Crippen LogP contribution in [0.3, 0.4) is 0 Å². The highest BCUT2D eigenvalue weighted by molar-refractivity contribution is 9.11. The van der Waals surface area contributed by atoms with Crippen molar-refractivity contribution in [3.63, 3.8) is 0 Å². The predicted molar refractivity (Wildman–Crippen MR) is 68.8 cm³/mol. The summed E-state index contributed by atoms with van der Waals surface area (Å²) in [5, 5.41) is 0. The van der Waals surface area contributed by atoms with Crippen LogP contribution in [0.4, 0.5) is 0 Å². The van der Waals surface area contributed by atoms with Gasteiger partial charge in [-0.15, -0.1) is 11.3 Å². The van der Waals surface area contributed by atoms with E-state index in [0.717, 1.165) is 34.7 Å². The molecule has 0 saturated carbocycles. The number of thiazole rings is 1. The van der Waals surface area contributed by atoms with Gasteiger partial charge in [-0.25, -0.2) is 4.98 Å². The minimum absolute atomic E-state index is 0.144. The van der Waals surface area contributed by atoms with Gasteiger partial charge in [-0.3, -0.25) is 4.79 Å². The maximum Gasteiger partial charge on any atom is 0.265 e. The standard InChI is InChI=1S/C11H15BrN2OS/c12-11-13-8-9(16-11)10(15)14-6-4-2-1-3-5-7-14/h8H,1-7H2. The molecule has 0 radical (unpaired) electrons. The summed E-state index contributed by atoms with van der Waals surface area (Å²) in [5.41, 5.74) is 0. The number of aromatic nitrogens is 1. The van der Waals surface area contributed by atoms with Crippen molar-refractivity contribution in [2.75, 3.05) is 13.1 Å². The summed E-state index contributed by atoms with van der Waals surface area (Å²) in [7, 11) is 0. The summed E-state index contributed by atoms with van der Waals surface area (Å²) >= 11 is 4.70. The third-order valence-corrected chi connectivity index (χ3v) is 4.30. The molecule has 0 aliphatic carbocycles. The Bertz CT molecular complexity index is 359. The molecule has 88 valence electrons. The highest BCUT2D eigenvalue weighted by Crippen LogP contribution is 2.21. The first-order chi connectivity index (χ1) is 7.77. The molecule has 1 aromatic heterocycles. The molecule has 0 bridgehead atoms. The van der Waals surface area contributed by atoms with Gasteiger partial charge in [0.15, 0.2) is 3.92 Å². The highest BCUT2D eigenvalue weighted by atomic mass is 79.9. The van der Waals surface area contributed by atoms with E-state index in [1.165, 1.54) is 30.6 Å². The van der Waals surface area contributed by atoms with Crippen LogP contribution in [0, 0.1) is 0 Å². The molecule has 3 nitrogen and oxygen atoms in total. The van der Waals surface area contributed by atoms with Gasteiger partial charge in [-0.05, 0) is 28.8 Å². The fraction of sp³-hybridized carbons (Fsp3) is 0.636. The molecule has 0 atom stereocenters. The average Bonchev–Trinajstić information content (AvgIpc) is 2.63. The van der Waals surface area contributed by atoms with Gasteiger partial charge in [-0.1, -0.05) is 19.3 Å². The number of amides is 1. The Hall–Kier alpha value is -0.420. The maximum atomic E-state index is 12.2. The Kier molecular flexibility index (Phi) is 4.35. The lowest BCUT2D eigenvalue weighted by molar-refractivity contribution is 0.0747. The quantitative estimate of drug-likeness (QED) is 0.797. The first-order valence-corrected chi connectivity index (χ1v) is 7.29. The smallest absolute Gasteiger partial charge is 0.265 e. The molecular formula is C11H15BrN2OS. The number of hydrogen-bond acceptors (Lipinski definition) is 3. The van der Waals surface area contributed by atoms with Crippen LogP contribution < -0.4 is 0 Å². The summed E-state index contributed by atoms with van der Waals surface area (Å²) in [6, 6.07) is 0. The van der Waals surface area contributed by atoms with Crippen LogP contribution in [0.25, 0.3) is 0 Å². The Labute approximate surface area is 108 Å². The maximum absolute atomic E-state index is 12.2. The number of carbonyl (C=O) groups is 1. The molecule has 0 unspecified atom stereocenters. The summed E-state index contributed by atoms with van der Waals surface area (Å²) in [6.07, 6.45) is 7.73. The minimum Gasteiger partial charge on any atom is -0.338 e. The van der Waals surface area contributed by atoms with Gasteiger partial charge in [-0.2, -0.15) is 0 Å². The van der Waals surface area contributed by atoms with Crippen LogP contribution in [-0.4, -0.2) is 28.9 Å². The molecule has 0 spiro atoms. The Morgan fingerprint density at radius 1 is 1.25 bits per heavy atom. The molecule has 0 N–H and O–H groups in total. The van der Waals surface area contributed by atoms with E-state index in [0.29, 0.717) is 0 Å². The molecule has 1 aliphatic heterocycles. The Morgan fingerprint density at radius 3 is 2.44 bits per heavy atom. The molecular weight excluding hydrogens is 288 g/mol. The third kappa shape index (κ3) is 3.04. The molecule has 1 fully saturated rings. The van der Waals surface area contributed by atoms with E-state index < -0.39 is 0 Å². The summed E-state index contributed by atoms with van der Waals surface area (Å²) in [5.74, 6) is 0.144. The number of nitrogens with zero attached hydrogens (tertiary/aromatic N) is 2. The van der Waals surface area contributed by atoms with E-state index in [4.69, 9.17) is 0 Å². The van der Waals surface area contributed by atoms with Crippen LogP contribution in [-0.2, 0) is 0 Å². The van der Waals surface area contributed by atoms with Crippen molar-refractivity contribution in [2.24, 2.45) is 0 Å². The normalized spacial score (nSPS) is 17.9. The molecule has 2 rings (SSSR count). The van der Waals surface area contributed by atoms with Crippen LogP contribution in [0.15, 0.2) is 10.1 Å². The van der Waals surface area contributed by atoms with Crippen molar-refractivity contribution in [1.29, 1.82) is 0 Å². The van der Waals surface area contributed by atoms with Crippen molar-refractivity contribution < 1.29 is 4.79 Å². The molecule has 16 heavy (non-hydrogen) atoms. The number of likely N-dealkylation sites (tertiary alicyclic amines) is 1. The average molecular weight is 303 g/mol. The first kappa shape index (κ1) is 12.0. The van der Waals surface area contributed by atoms with Gasteiger partial charge in [0.2, 0.25) is 0 Å². The monoisotopic (exact) mass is 302 g/mol. The van der Waals surface area contributed by atoms with Crippen LogP contribution in [0.5, 0.6) is 0 Å². The van der Waals surface area contributed by atoms with E-state index in [-0.39, 0.29) is 5.91 Å². The summed E-state index contributed by atoms with van der Waals surface area (Å²) in [6.45, 7) is 1.79. The predicted octanol–water partition coefficient (Wildman–Crippen LogP) is 3.31. The lowest BCUT2D eigenvalue weighted by Gasteiger charge is -2.23. The molecule has 1 amide bonds. The molecule has 5 heteroatoms.